The summed E-state index contributed by atoms with van der Waals surface area (Å²) in [6.07, 6.45) is 3.96. The van der Waals surface area contributed by atoms with E-state index in [1.54, 1.807) is 0 Å². The van der Waals surface area contributed by atoms with E-state index in [0.29, 0.717) is 25.1 Å². The van der Waals surface area contributed by atoms with Crippen molar-refractivity contribution in [1.29, 1.82) is 0 Å². The Morgan fingerprint density at radius 3 is 2.75 bits per heavy atom. The predicted molar refractivity (Wildman–Crippen MR) is 108 cm³/mol. The van der Waals surface area contributed by atoms with Crippen LogP contribution in [0.25, 0.3) is 0 Å². The van der Waals surface area contributed by atoms with E-state index in [9.17, 15) is 9.59 Å². The van der Waals surface area contributed by atoms with Gasteiger partial charge in [0.05, 0.1) is 17.0 Å². The van der Waals surface area contributed by atoms with Gasteiger partial charge >= 0.3 is 5.97 Å². The second-order valence-corrected chi connectivity index (χ2v) is 8.63. The summed E-state index contributed by atoms with van der Waals surface area (Å²) in [7, 11) is 0. The largest absolute Gasteiger partial charge is 0.466 e. The molecule has 2 aliphatic rings. The third kappa shape index (κ3) is 3.13. The molecule has 3 atom stereocenters. The summed E-state index contributed by atoms with van der Waals surface area (Å²) >= 11 is 1.52. The summed E-state index contributed by atoms with van der Waals surface area (Å²) in [4.78, 5) is 32.5. The molecule has 1 aromatic heterocycles. The van der Waals surface area contributed by atoms with Crippen LogP contribution in [-0.2, 0) is 16.0 Å². The van der Waals surface area contributed by atoms with Gasteiger partial charge < -0.3 is 9.64 Å². The molecule has 3 heterocycles. The second-order valence-electron chi connectivity index (χ2n) is 7.68. The molecule has 1 aromatic carbocycles. The number of nitrogens with zero attached hydrogens (tertiary/aromatic N) is 2. The Hall–Kier alpha value is -2.21. The van der Waals surface area contributed by atoms with Gasteiger partial charge in [0.1, 0.15) is 5.69 Å². The number of rotatable bonds is 6. The Balaban J connectivity index is 1.53. The molecule has 2 aliphatic heterocycles. The van der Waals surface area contributed by atoms with E-state index in [4.69, 9.17) is 4.74 Å². The highest BCUT2D eigenvalue weighted by Crippen LogP contribution is 2.52. The minimum atomic E-state index is -0.558. The Kier molecular flexibility index (Phi) is 5.23. The van der Waals surface area contributed by atoms with Crippen LogP contribution in [0.15, 0.2) is 35.7 Å². The minimum Gasteiger partial charge on any atom is -0.466 e. The standard InChI is InChI=1S/C22H26N2O3S/c1-3-22(21(26)27-4-2)13-16-10-11-18(22)24(16)20(25)17-14-28-19(23-17)12-15-8-6-5-7-9-15/h5-9,14,16,18H,3-4,10-13H2,1-2H3/t16-,18+,22+/m1/s1. The van der Waals surface area contributed by atoms with Crippen LogP contribution in [0.5, 0.6) is 0 Å². The van der Waals surface area contributed by atoms with Crippen LogP contribution in [0.2, 0.25) is 0 Å². The number of thiazole rings is 1. The summed E-state index contributed by atoms with van der Waals surface area (Å²) in [6, 6.07) is 10.2. The third-order valence-electron chi connectivity index (χ3n) is 6.26. The normalized spacial score (nSPS) is 25.9. The number of carbonyl (C=O) groups is 2. The lowest BCUT2D eigenvalue weighted by Gasteiger charge is -2.33. The van der Waals surface area contributed by atoms with E-state index in [1.165, 1.54) is 16.9 Å². The lowest BCUT2D eigenvalue weighted by atomic mass is 9.72. The molecule has 1 amide bonds. The van der Waals surface area contributed by atoms with Crippen molar-refractivity contribution in [3.8, 4) is 0 Å². The van der Waals surface area contributed by atoms with Crippen LogP contribution in [-0.4, -0.2) is 40.5 Å². The van der Waals surface area contributed by atoms with Gasteiger partial charge in [0.2, 0.25) is 0 Å². The molecular weight excluding hydrogens is 372 g/mol. The number of aromatic nitrogens is 1. The molecular formula is C22H26N2O3S. The molecule has 2 aromatic rings. The highest BCUT2D eigenvalue weighted by molar-refractivity contribution is 7.09. The molecule has 2 bridgehead atoms. The van der Waals surface area contributed by atoms with Crippen molar-refractivity contribution in [2.45, 2.75) is 58.0 Å². The number of ether oxygens (including phenoxy) is 1. The first-order valence-corrected chi connectivity index (χ1v) is 10.9. The Labute approximate surface area is 169 Å². The smallest absolute Gasteiger partial charge is 0.314 e. The van der Waals surface area contributed by atoms with Gasteiger partial charge in [-0.3, -0.25) is 9.59 Å². The highest BCUT2D eigenvalue weighted by atomic mass is 32.1. The summed E-state index contributed by atoms with van der Waals surface area (Å²) in [5, 5.41) is 2.80. The van der Waals surface area contributed by atoms with Crippen molar-refractivity contribution in [3.63, 3.8) is 0 Å². The first kappa shape index (κ1) is 19.1. The number of hydrogen-bond acceptors (Lipinski definition) is 5. The molecule has 4 rings (SSSR count). The monoisotopic (exact) mass is 398 g/mol. The van der Waals surface area contributed by atoms with Gasteiger partial charge in [0.15, 0.2) is 0 Å². The average Bonchev–Trinajstić information content (AvgIpc) is 3.42. The van der Waals surface area contributed by atoms with Crippen molar-refractivity contribution >= 4 is 23.2 Å². The predicted octanol–water partition coefficient (Wildman–Crippen LogP) is 4.07. The Morgan fingerprint density at radius 2 is 2.04 bits per heavy atom. The maximum Gasteiger partial charge on any atom is 0.314 e. The first-order chi connectivity index (χ1) is 13.6. The summed E-state index contributed by atoms with van der Waals surface area (Å²) in [5.41, 5.74) is 1.13. The van der Waals surface area contributed by atoms with Crippen LogP contribution in [0.1, 0.15) is 60.6 Å². The fourth-order valence-corrected chi connectivity index (χ4v) is 5.70. The van der Waals surface area contributed by atoms with Gasteiger partial charge in [-0.2, -0.15) is 0 Å². The van der Waals surface area contributed by atoms with Crippen LogP contribution in [0, 0.1) is 5.41 Å². The van der Waals surface area contributed by atoms with Crippen molar-refractivity contribution in [3.05, 3.63) is 52.0 Å². The lowest BCUT2D eigenvalue weighted by molar-refractivity contribution is -0.157. The zero-order valence-electron chi connectivity index (χ0n) is 16.4. The Morgan fingerprint density at radius 1 is 1.25 bits per heavy atom. The molecule has 0 aliphatic carbocycles. The number of hydrogen-bond donors (Lipinski definition) is 0. The molecule has 2 fully saturated rings. The van der Waals surface area contributed by atoms with Gasteiger partial charge in [0, 0.05) is 23.9 Å². The van der Waals surface area contributed by atoms with E-state index in [-0.39, 0.29) is 24.0 Å². The van der Waals surface area contributed by atoms with E-state index < -0.39 is 5.41 Å². The maximum atomic E-state index is 13.3. The zero-order valence-corrected chi connectivity index (χ0v) is 17.2. The fraction of sp³-hybridized carbons (Fsp3) is 0.500. The lowest BCUT2D eigenvalue weighted by Crippen LogP contribution is -2.45. The molecule has 0 N–H and O–H groups in total. The van der Waals surface area contributed by atoms with E-state index in [1.807, 2.05) is 42.3 Å². The molecule has 6 heteroatoms. The molecule has 28 heavy (non-hydrogen) atoms. The van der Waals surface area contributed by atoms with E-state index >= 15 is 0 Å². The van der Waals surface area contributed by atoms with E-state index in [2.05, 4.69) is 17.1 Å². The molecule has 0 spiro atoms. The van der Waals surface area contributed by atoms with Gasteiger partial charge in [-0.15, -0.1) is 11.3 Å². The summed E-state index contributed by atoms with van der Waals surface area (Å²) in [5.74, 6) is -0.187. The fourth-order valence-electron chi connectivity index (χ4n) is 4.90. The number of amides is 1. The maximum absolute atomic E-state index is 13.3. The van der Waals surface area contributed by atoms with Crippen molar-refractivity contribution in [2.75, 3.05) is 6.61 Å². The average molecular weight is 399 g/mol. The second kappa shape index (κ2) is 7.66. The van der Waals surface area contributed by atoms with Gasteiger partial charge in [0.25, 0.3) is 5.91 Å². The quantitative estimate of drug-likeness (QED) is 0.688. The molecule has 5 nitrogen and oxygen atoms in total. The Bertz CT molecular complexity index is 866. The van der Waals surface area contributed by atoms with E-state index in [0.717, 1.165) is 24.3 Å². The topological polar surface area (TPSA) is 59.5 Å². The first-order valence-electron chi connectivity index (χ1n) is 10.1. The number of fused-ring (bicyclic) bond motifs is 2. The number of carbonyl (C=O) groups excluding carboxylic acids is 2. The van der Waals surface area contributed by atoms with Gasteiger partial charge in [-0.05, 0) is 38.2 Å². The van der Waals surface area contributed by atoms with Crippen LogP contribution < -0.4 is 0 Å². The molecule has 0 saturated carbocycles. The molecule has 0 radical (unpaired) electrons. The number of esters is 1. The van der Waals surface area contributed by atoms with Crippen LogP contribution in [0.3, 0.4) is 0 Å². The van der Waals surface area contributed by atoms with Crippen LogP contribution >= 0.6 is 11.3 Å². The zero-order chi connectivity index (χ0) is 19.7. The molecule has 0 unspecified atom stereocenters. The SMILES string of the molecule is CCOC(=O)[C@@]1(CC)C[C@H]2CC[C@@H]1N2C(=O)c1csc(Cc2ccccc2)n1. The van der Waals surface area contributed by atoms with Gasteiger partial charge in [-0.25, -0.2) is 4.98 Å². The number of benzene rings is 1. The highest BCUT2D eigenvalue weighted by Gasteiger charge is 2.61. The molecule has 2 saturated heterocycles. The summed E-state index contributed by atoms with van der Waals surface area (Å²) < 4.78 is 5.39. The van der Waals surface area contributed by atoms with Crippen molar-refractivity contribution < 1.29 is 14.3 Å². The summed E-state index contributed by atoms with van der Waals surface area (Å²) in [6.45, 7) is 4.24. The van der Waals surface area contributed by atoms with Crippen LogP contribution in [0.4, 0.5) is 0 Å². The third-order valence-corrected chi connectivity index (χ3v) is 7.11. The molecule has 148 valence electrons. The van der Waals surface area contributed by atoms with Gasteiger partial charge in [-0.1, -0.05) is 37.3 Å². The minimum absolute atomic E-state index is 0.0392. The van der Waals surface area contributed by atoms with Crippen molar-refractivity contribution in [2.24, 2.45) is 5.41 Å². The van der Waals surface area contributed by atoms with Crippen molar-refractivity contribution in [1.82, 2.24) is 9.88 Å².